The van der Waals surface area contributed by atoms with E-state index in [1.165, 1.54) is 24.5 Å². The lowest BCUT2D eigenvalue weighted by Crippen LogP contribution is -2.29. The highest BCUT2D eigenvalue weighted by molar-refractivity contribution is 6.02. The number of rotatable bonds is 6. The third kappa shape index (κ3) is 4.94. The molecule has 162 valence electrons. The molecule has 3 N–H and O–H groups in total. The van der Waals surface area contributed by atoms with Gasteiger partial charge < -0.3 is 15.6 Å². The highest BCUT2D eigenvalue weighted by Gasteiger charge is 2.16. The minimum absolute atomic E-state index is 0.180. The number of carbonyl (C=O) groups is 1. The maximum absolute atomic E-state index is 13.3. The van der Waals surface area contributed by atoms with Gasteiger partial charge in [0.05, 0.1) is 0 Å². The van der Waals surface area contributed by atoms with Crippen molar-refractivity contribution in [1.82, 2.24) is 9.88 Å². The number of carbonyl (C=O) groups excluding carboxylic acids is 1. The van der Waals surface area contributed by atoms with Crippen LogP contribution in [0, 0.1) is 11.6 Å². The summed E-state index contributed by atoms with van der Waals surface area (Å²) in [6.45, 7) is 5.35. The standard InChI is InChI=1S/C24H26F2N4O/c1-2-3-10-30-11-8-16(9-12-30)20-15-27-23-7-5-17(13-19(20)23)28-24(31)29-18-4-6-21(25)22(26)14-18/h4-8,13-15,27H,2-3,9-12H2,1H3,(H2,28,29,31). The van der Waals surface area contributed by atoms with Gasteiger partial charge in [0.15, 0.2) is 11.6 Å². The first-order valence-corrected chi connectivity index (χ1v) is 10.6. The Morgan fingerprint density at radius 3 is 2.58 bits per heavy atom. The van der Waals surface area contributed by atoms with Gasteiger partial charge in [0, 0.05) is 53.2 Å². The van der Waals surface area contributed by atoms with Crippen molar-refractivity contribution in [1.29, 1.82) is 0 Å². The SMILES string of the molecule is CCCCN1CC=C(c2c[nH]c3ccc(NC(=O)Nc4ccc(F)c(F)c4)cc23)CC1. The fraction of sp³-hybridized carbons (Fsp3) is 0.292. The van der Waals surface area contributed by atoms with E-state index < -0.39 is 17.7 Å². The molecule has 1 aliphatic heterocycles. The number of halogens is 2. The van der Waals surface area contributed by atoms with E-state index in [1.54, 1.807) is 6.07 Å². The van der Waals surface area contributed by atoms with Crippen LogP contribution < -0.4 is 10.6 Å². The van der Waals surface area contributed by atoms with Crippen molar-refractivity contribution in [2.75, 3.05) is 30.3 Å². The van der Waals surface area contributed by atoms with Gasteiger partial charge in [-0.2, -0.15) is 0 Å². The van der Waals surface area contributed by atoms with Crippen LogP contribution in [0.1, 0.15) is 31.7 Å². The molecule has 0 saturated carbocycles. The minimum atomic E-state index is -1.01. The fourth-order valence-electron chi connectivity index (χ4n) is 3.87. The van der Waals surface area contributed by atoms with Crippen LogP contribution in [-0.4, -0.2) is 35.5 Å². The molecule has 0 aliphatic carbocycles. The first-order chi connectivity index (χ1) is 15.0. The van der Waals surface area contributed by atoms with Crippen LogP contribution >= 0.6 is 0 Å². The van der Waals surface area contributed by atoms with Crippen LogP contribution in [0.3, 0.4) is 0 Å². The van der Waals surface area contributed by atoms with Gasteiger partial charge in [-0.15, -0.1) is 0 Å². The van der Waals surface area contributed by atoms with Crippen molar-refractivity contribution in [3.05, 3.63) is 65.9 Å². The number of aromatic amines is 1. The van der Waals surface area contributed by atoms with Crippen molar-refractivity contribution >= 4 is 33.9 Å². The number of H-pyrrole nitrogens is 1. The highest BCUT2D eigenvalue weighted by atomic mass is 19.2. The Kier molecular flexibility index (Phi) is 6.32. The van der Waals surface area contributed by atoms with Crippen LogP contribution in [0.4, 0.5) is 25.0 Å². The van der Waals surface area contributed by atoms with E-state index in [1.807, 2.05) is 18.3 Å². The molecule has 0 saturated heterocycles. The summed E-state index contributed by atoms with van der Waals surface area (Å²) in [6, 6.07) is 8.36. The lowest BCUT2D eigenvalue weighted by molar-refractivity contribution is 0.262. The van der Waals surface area contributed by atoms with Gasteiger partial charge in [0.25, 0.3) is 0 Å². The zero-order valence-corrected chi connectivity index (χ0v) is 17.5. The van der Waals surface area contributed by atoms with Crippen LogP contribution in [0.2, 0.25) is 0 Å². The molecule has 4 rings (SSSR count). The van der Waals surface area contributed by atoms with Crippen LogP contribution in [0.25, 0.3) is 16.5 Å². The molecule has 3 aromatic rings. The Bertz CT molecular complexity index is 1120. The highest BCUT2D eigenvalue weighted by Crippen LogP contribution is 2.31. The second-order valence-electron chi connectivity index (χ2n) is 7.80. The quantitative estimate of drug-likeness (QED) is 0.456. The Morgan fingerprint density at radius 1 is 1.10 bits per heavy atom. The fourth-order valence-corrected chi connectivity index (χ4v) is 3.87. The van der Waals surface area contributed by atoms with Gasteiger partial charge in [-0.3, -0.25) is 4.90 Å². The van der Waals surface area contributed by atoms with E-state index in [0.717, 1.165) is 54.7 Å². The third-order valence-corrected chi connectivity index (χ3v) is 5.58. The molecule has 0 bridgehead atoms. The second-order valence-corrected chi connectivity index (χ2v) is 7.80. The number of nitrogens with one attached hydrogen (secondary N) is 3. The molecule has 0 spiro atoms. The molecule has 0 unspecified atom stereocenters. The number of unbranched alkanes of at least 4 members (excludes halogenated alkanes) is 1. The van der Waals surface area contributed by atoms with Crippen LogP contribution in [0.5, 0.6) is 0 Å². The second kappa shape index (κ2) is 9.31. The Hall–Kier alpha value is -3.19. The van der Waals surface area contributed by atoms with E-state index in [2.05, 4.69) is 33.5 Å². The molecule has 2 amide bonds. The van der Waals surface area contributed by atoms with E-state index in [0.29, 0.717) is 5.69 Å². The monoisotopic (exact) mass is 424 g/mol. The van der Waals surface area contributed by atoms with Crippen LogP contribution in [0.15, 0.2) is 48.7 Å². The molecular weight excluding hydrogens is 398 g/mol. The zero-order chi connectivity index (χ0) is 21.8. The van der Waals surface area contributed by atoms with Gasteiger partial charge in [-0.05, 0) is 55.3 Å². The maximum Gasteiger partial charge on any atom is 0.323 e. The van der Waals surface area contributed by atoms with Gasteiger partial charge in [0.1, 0.15) is 0 Å². The molecule has 2 heterocycles. The normalized spacial score (nSPS) is 14.5. The molecule has 5 nitrogen and oxygen atoms in total. The number of nitrogens with zero attached hydrogens (tertiary/aromatic N) is 1. The maximum atomic E-state index is 13.3. The van der Waals surface area contributed by atoms with Crippen molar-refractivity contribution in [3.8, 4) is 0 Å². The van der Waals surface area contributed by atoms with Gasteiger partial charge >= 0.3 is 6.03 Å². The predicted molar refractivity (Wildman–Crippen MR) is 121 cm³/mol. The third-order valence-electron chi connectivity index (χ3n) is 5.58. The van der Waals surface area contributed by atoms with Gasteiger partial charge in [-0.25, -0.2) is 13.6 Å². The number of aromatic nitrogens is 1. The zero-order valence-electron chi connectivity index (χ0n) is 17.5. The van der Waals surface area contributed by atoms with Gasteiger partial charge in [0.2, 0.25) is 0 Å². The summed E-state index contributed by atoms with van der Waals surface area (Å²) >= 11 is 0. The largest absolute Gasteiger partial charge is 0.361 e. The number of amides is 2. The molecule has 0 atom stereocenters. The summed E-state index contributed by atoms with van der Waals surface area (Å²) in [7, 11) is 0. The smallest absolute Gasteiger partial charge is 0.323 e. The minimum Gasteiger partial charge on any atom is -0.361 e. The van der Waals surface area contributed by atoms with Crippen molar-refractivity contribution in [2.24, 2.45) is 0 Å². The van der Waals surface area contributed by atoms with E-state index in [4.69, 9.17) is 0 Å². The molecule has 1 aliphatic rings. The average Bonchev–Trinajstić information content (AvgIpc) is 3.18. The Morgan fingerprint density at radius 2 is 1.87 bits per heavy atom. The summed E-state index contributed by atoms with van der Waals surface area (Å²) in [5, 5.41) is 6.32. The number of fused-ring (bicyclic) bond motifs is 1. The lowest BCUT2D eigenvalue weighted by Gasteiger charge is -2.26. The molecule has 2 aromatic carbocycles. The lowest BCUT2D eigenvalue weighted by atomic mass is 9.98. The van der Waals surface area contributed by atoms with Crippen molar-refractivity contribution < 1.29 is 13.6 Å². The molecule has 7 heteroatoms. The van der Waals surface area contributed by atoms with E-state index in [-0.39, 0.29) is 5.69 Å². The molecular formula is C24H26F2N4O. The first kappa shape index (κ1) is 21.1. The summed E-state index contributed by atoms with van der Waals surface area (Å²) in [5.74, 6) is -1.97. The number of urea groups is 1. The topological polar surface area (TPSA) is 60.2 Å². The Labute approximate surface area is 180 Å². The molecule has 0 fully saturated rings. The van der Waals surface area contributed by atoms with Crippen molar-refractivity contribution in [2.45, 2.75) is 26.2 Å². The van der Waals surface area contributed by atoms with Gasteiger partial charge in [-0.1, -0.05) is 19.4 Å². The van der Waals surface area contributed by atoms with Crippen LogP contribution in [-0.2, 0) is 0 Å². The summed E-state index contributed by atoms with van der Waals surface area (Å²) in [6.07, 6.45) is 7.72. The summed E-state index contributed by atoms with van der Waals surface area (Å²) in [4.78, 5) is 18.1. The van der Waals surface area contributed by atoms with E-state index in [9.17, 15) is 13.6 Å². The Balaban J connectivity index is 1.47. The number of anilines is 2. The first-order valence-electron chi connectivity index (χ1n) is 10.6. The molecule has 0 radical (unpaired) electrons. The molecule has 1 aromatic heterocycles. The number of hydrogen-bond acceptors (Lipinski definition) is 2. The van der Waals surface area contributed by atoms with E-state index >= 15 is 0 Å². The van der Waals surface area contributed by atoms with Crippen molar-refractivity contribution in [3.63, 3.8) is 0 Å². The number of hydrogen-bond donors (Lipinski definition) is 3. The summed E-state index contributed by atoms with van der Waals surface area (Å²) < 4.78 is 26.4. The average molecular weight is 424 g/mol. The number of benzene rings is 2. The predicted octanol–water partition coefficient (Wildman–Crippen LogP) is 5.98. The summed E-state index contributed by atoms with van der Waals surface area (Å²) in [5.41, 5.74) is 4.25. The molecule has 31 heavy (non-hydrogen) atoms.